The van der Waals surface area contributed by atoms with E-state index >= 15 is 0 Å². The molecule has 1 fully saturated rings. The van der Waals surface area contributed by atoms with Crippen molar-refractivity contribution in [2.24, 2.45) is 5.73 Å². The fourth-order valence-corrected chi connectivity index (χ4v) is 2.26. The van der Waals surface area contributed by atoms with E-state index in [0.29, 0.717) is 13.0 Å². The Balaban J connectivity index is 2.23. The summed E-state index contributed by atoms with van der Waals surface area (Å²) in [5.41, 5.74) is 5.51. The number of amides is 2. The topological polar surface area (TPSA) is 85.8 Å². The third-order valence-electron chi connectivity index (χ3n) is 3.03. The predicted molar refractivity (Wildman–Crippen MR) is 63.2 cm³/mol. The van der Waals surface area contributed by atoms with Gasteiger partial charge in [-0.1, -0.05) is 0 Å². The van der Waals surface area contributed by atoms with Crippen LogP contribution in [0.1, 0.15) is 16.8 Å². The number of primary amides is 1. The second-order valence-corrected chi connectivity index (χ2v) is 4.42. The summed E-state index contributed by atoms with van der Waals surface area (Å²) >= 11 is 5.75. The molecule has 0 aliphatic carbocycles. The molecule has 0 unspecified atom stereocenters. The summed E-state index contributed by atoms with van der Waals surface area (Å²) in [4.78, 5) is 24.9. The fraction of sp³-hybridized carbons (Fsp3) is 0.455. The molecular formula is C11H13ClN2O4. The van der Waals surface area contributed by atoms with Gasteiger partial charge in [0, 0.05) is 20.1 Å². The Bertz CT molecular complexity index is 473. The van der Waals surface area contributed by atoms with Crippen LogP contribution < -0.4 is 5.73 Å². The zero-order valence-corrected chi connectivity index (χ0v) is 10.5. The molecule has 1 saturated heterocycles. The van der Waals surface area contributed by atoms with Crippen LogP contribution in [0.2, 0.25) is 5.22 Å². The van der Waals surface area contributed by atoms with E-state index in [0.717, 1.165) is 0 Å². The molecule has 7 heteroatoms. The molecule has 2 rings (SSSR count). The van der Waals surface area contributed by atoms with Gasteiger partial charge in [-0.05, 0) is 17.7 Å². The number of nitrogens with zero attached hydrogens (tertiary/aromatic N) is 1. The summed E-state index contributed by atoms with van der Waals surface area (Å²) < 4.78 is 10.0. The summed E-state index contributed by atoms with van der Waals surface area (Å²) in [5, 5.41) is 0.00378. The zero-order valence-electron chi connectivity index (χ0n) is 9.76. The van der Waals surface area contributed by atoms with Gasteiger partial charge in [0.05, 0.1) is 17.9 Å². The smallest absolute Gasteiger partial charge is 0.259 e. The molecule has 0 aromatic carbocycles. The lowest BCUT2D eigenvalue weighted by atomic mass is 10.2. The molecule has 0 radical (unpaired) electrons. The Labute approximate surface area is 109 Å². The highest BCUT2D eigenvalue weighted by atomic mass is 35.5. The molecule has 1 aromatic rings. The average Bonchev–Trinajstić information content (AvgIpc) is 2.93. The molecule has 1 aromatic heterocycles. The van der Waals surface area contributed by atoms with Crippen LogP contribution in [0.25, 0.3) is 0 Å². The lowest BCUT2D eigenvalue weighted by Gasteiger charge is -2.21. The number of hydrogen-bond donors (Lipinski definition) is 1. The van der Waals surface area contributed by atoms with Crippen LogP contribution in [0.4, 0.5) is 0 Å². The Morgan fingerprint density at radius 1 is 1.61 bits per heavy atom. The quantitative estimate of drug-likeness (QED) is 0.875. The Hall–Kier alpha value is -1.53. The maximum atomic E-state index is 12.2. The van der Waals surface area contributed by atoms with Crippen molar-refractivity contribution in [2.75, 3.05) is 13.7 Å². The van der Waals surface area contributed by atoms with Crippen molar-refractivity contribution in [2.45, 2.75) is 18.6 Å². The first-order chi connectivity index (χ1) is 8.54. The van der Waals surface area contributed by atoms with Gasteiger partial charge in [0.2, 0.25) is 11.1 Å². The van der Waals surface area contributed by atoms with Crippen LogP contribution in [-0.2, 0) is 9.53 Å². The number of rotatable bonds is 3. The van der Waals surface area contributed by atoms with Gasteiger partial charge >= 0.3 is 0 Å². The van der Waals surface area contributed by atoms with Crippen molar-refractivity contribution in [3.05, 3.63) is 23.1 Å². The minimum atomic E-state index is -0.673. The molecule has 1 aliphatic rings. The van der Waals surface area contributed by atoms with Crippen molar-refractivity contribution in [1.82, 2.24) is 4.90 Å². The molecule has 2 atom stereocenters. The van der Waals surface area contributed by atoms with Crippen LogP contribution in [-0.4, -0.2) is 42.5 Å². The van der Waals surface area contributed by atoms with Gasteiger partial charge in [-0.25, -0.2) is 0 Å². The number of carbonyl (C=O) groups is 2. The predicted octanol–water partition coefficient (Wildman–Crippen LogP) is 0.648. The molecular weight excluding hydrogens is 260 g/mol. The highest BCUT2D eigenvalue weighted by Gasteiger charge is 2.39. The van der Waals surface area contributed by atoms with Crippen LogP contribution in [0, 0.1) is 0 Å². The Kier molecular flexibility index (Phi) is 3.58. The lowest BCUT2D eigenvalue weighted by molar-refractivity contribution is -0.121. The largest absolute Gasteiger partial charge is 0.452 e. The highest BCUT2D eigenvalue weighted by molar-refractivity contribution is 6.32. The molecule has 6 nitrogen and oxygen atoms in total. The number of ether oxygens (including phenoxy) is 1. The van der Waals surface area contributed by atoms with Crippen molar-refractivity contribution >= 4 is 23.4 Å². The van der Waals surface area contributed by atoms with Gasteiger partial charge in [-0.2, -0.15) is 0 Å². The lowest BCUT2D eigenvalue weighted by Crippen LogP contribution is -2.43. The third-order valence-corrected chi connectivity index (χ3v) is 3.33. The second-order valence-electron chi connectivity index (χ2n) is 4.08. The SMILES string of the molecule is CO[C@H]1C[C@@H](C(N)=O)N(C(=O)c2ccoc2Cl)C1. The number of furan rings is 1. The minimum Gasteiger partial charge on any atom is -0.452 e. The maximum Gasteiger partial charge on any atom is 0.259 e. The van der Waals surface area contributed by atoms with E-state index in [-0.39, 0.29) is 22.8 Å². The summed E-state index contributed by atoms with van der Waals surface area (Å²) in [6.45, 7) is 0.310. The first-order valence-electron chi connectivity index (χ1n) is 5.40. The first kappa shape index (κ1) is 12.9. The number of methoxy groups -OCH3 is 1. The van der Waals surface area contributed by atoms with Crippen LogP contribution in [0.15, 0.2) is 16.7 Å². The van der Waals surface area contributed by atoms with E-state index in [9.17, 15) is 9.59 Å². The van der Waals surface area contributed by atoms with Gasteiger partial charge < -0.3 is 19.8 Å². The second kappa shape index (κ2) is 4.99. The van der Waals surface area contributed by atoms with E-state index in [1.165, 1.54) is 24.3 Å². The normalized spacial score (nSPS) is 23.3. The van der Waals surface area contributed by atoms with E-state index < -0.39 is 11.9 Å². The van der Waals surface area contributed by atoms with Crippen LogP contribution in [0.3, 0.4) is 0 Å². The highest BCUT2D eigenvalue weighted by Crippen LogP contribution is 2.25. The van der Waals surface area contributed by atoms with E-state index in [4.69, 9.17) is 26.5 Å². The number of nitrogens with two attached hydrogens (primary N) is 1. The van der Waals surface area contributed by atoms with Gasteiger partial charge in [-0.15, -0.1) is 0 Å². The standard InChI is InChI=1S/C11H13ClN2O4/c1-17-6-4-8(10(13)15)14(5-6)11(16)7-2-3-18-9(7)12/h2-3,6,8H,4-5H2,1H3,(H2,13,15)/t6-,8-/m0/s1. The van der Waals surface area contributed by atoms with Gasteiger partial charge in [0.25, 0.3) is 5.91 Å². The monoisotopic (exact) mass is 272 g/mol. The summed E-state index contributed by atoms with van der Waals surface area (Å²) in [6.07, 6.45) is 1.52. The number of carbonyl (C=O) groups excluding carboxylic acids is 2. The van der Waals surface area contributed by atoms with Gasteiger partial charge in [0.1, 0.15) is 6.04 Å². The Morgan fingerprint density at radius 3 is 2.83 bits per heavy atom. The molecule has 98 valence electrons. The van der Waals surface area contributed by atoms with Crippen LogP contribution >= 0.6 is 11.6 Å². The van der Waals surface area contributed by atoms with E-state index in [1.54, 1.807) is 0 Å². The zero-order chi connectivity index (χ0) is 13.3. The molecule has 18 heavy (non-hydrogen) atoms. The molecule has 0 bridgehead atoms. The molecule has 1 aliphatic heterocycles. The number of halogens is 1. The molecule has 2 amide bonds. The summed E-state index contributed by atoms with van der Waals surface area (Å²) in [6, 6.07) is 0.788. The molecule has 2 N–H and O–H groups in total. The molecule has 0 spiro atoms. The van der Waals surface area contributed by atoms with Crippen molar-refractivity contribution < 1.29 is 18.7 Å². The summed E-state index contributed by atoms with van der Waals surface area (Å²) in [7, 11) is 1.53. The first-order valence-corrected chi connectivity index (χ1v) is 5.78. The molecule has 2 heterocycles. The van der Waals surface area contributed by atoms with Gasteiger partial charge in [0.15, 0.2) is 0 Å². The van der Waals surface area contributed by atoms with Gasteiger partial charge in [-0.3, -0.25) is 9.59 Å². The Morgan fingerprint density at radius 2 is 2.33 bits per heavy atom. The van der Waals surface area contributed by atoms with E-state index in [2.05, 4.69) is 0 Å². The number of hydrogen-bond acceptors (Lipinski definition) is 4. The summed E-state index contributed by atoms with van der Waals surface area (Å²) in [5.74, 6) is -0.931. The van der Waals surface area contributed by atoms with Crippen molar-refractivity contribution in [1.29, 1.82) is 0 Å². The minimum absolute atomic E-state index is 0.00378. The fourth-order valence-electron chi connectivity index (χ4n) is 2.06. The maximum absolute atomic E-state index is 12.2. The molecule has 0 saturated carbocycles. The average molecular weight is 273 g/mol. The van der Waals surface area contributed by atoms with E-state index in [1.807, 2.05) is 0 Å². The van der Waals surface area contributed by atoms with Crippen LogP contribution in [0.5, 0.6) is 0 Å². The van der Waals surface area contributed by atoms with Crippen molar-refractivity contribution in [3.63, 3.8) is 0 Å². The third kappa shape index (κ3) is 2.21. The van der Waals surface area contributed by atoms with Crippen molar-refractivity contribution in [3.8, 4) is 0 Å². The number of likely N-dealkylation sites (tertiary alicyclic amines) is 1.